The normalized spacial score (nSPS) is 22.9. The lowest BCUT2D eigenvalue weighted by atomic mass is 10.00. The van der Waals surface area contributed by atoms with Crippen molar-refractivity contribution in [1.29, 1.82) is 5.41 Å². The second kappa shape index (κ2) is 7.99. The van der Waals surface area contributed by atoms with Gasteiger partial charge in [-0.25, -0.2) is 4.98 Å². The second-order valence-electron chi connectivity index (χ2n) is 7.80. The van der Waals surface area contributed by atoms with Crippen molar-refractivity contribution in [3.8, 4) is 0 Å². The zero-order chi connectivity index (χ0) is 20.5. The lowest BCUT2D eigenvalue weighted by Crippen LogP contribution is -2.27. The third kappa shape index (κ3) is 4.34. The summed E-state index contributed by atoms with van der Waals surface area (Å²) in [4.78, 5) is 31.2. The van der Waals surface area contributed by atoms with Crippen LogP contribution in [0.5, 0.6) is 0 Å². The molecule has 1 fully saturated rings. The first-order valence-electron chi connectivity index (χ1n) is 9.78. The Morgan fingerprint density at radius 1 is 1.41 bits per heavy atom. The van der Waals surface area contributed by atoms with Crippen LogP contribution in [-0.4, -0.2) is 39.8 Å². The van der Waals surface area contributed by atoms with Crippen LogP contribution in [0.3, 0.4) is 0 Å². The molecular formula is C22H24N4O2S. The van der Waals surface area contributed by atoms with Crippen molar-refractivity contribution >= 4 is 40.5 Å². The van der Waals surface area contributed by atoms with Gasteiger partial charge in [-0.3, -0.25) is 15.0 Å². The van der Waals surface area contributed by atoms with Gasteiger partial charge in [0, 0.05) is 36.7 Å². The van der Waals surface area contributed by atoms with Gasteiger partial charge in [0.05, 0.1) is 5.04 Å². The third-order valence-electron chi connectivity index (χ3n) is 5.62. The van der Waals surface area contributed by atoms with Crippen LogP contribution >= 0.6 is 11.8 Å². The molecule has 7 heteroatoms. The van der Waals surface area contributed by atoms with E-state index < -0.39 is 0 Å². The van der Waals surface area contributed by atoms with E-state index in [0.717, 1.165) is 35.5 Å². The Morgan fingerprint density at radius 2 is 2.24 bits per heavy atom. The Kier molecular flexibility index (Phi) is 5.41. The second-order valence-corrected chi connectivity index (χ2v) is 9.11. The molecule has 1 aliphatic carbocycles. The molecule has 2 amide bonds. The molecule has 3 heterocycles. The zero-order valence-electron chi connectivity index (χ0n) is 16.4. The summed E-state index contributed by atoms with van der Waals surface area (Å²) in [7, 11) is 0. The number of thioether (sulfide) groups is 1. The van der Waals surface area contributed by atoms with E-state index in [9.17, 15) is 9.59 Å². The summed E-state index contributed by atoms with van der Waals surface area (Å²) in [5.74, 6) is 1.46. The van der Waals surface area contributed by atoms with E-state index in [2.05, 4.69) is 23.0 Å². The third-order valence-corrected chi connectivity index (χ3v) is 6.44. The highest BCUT2D eigenvalue weighted by molar-refractivity contribution is 8.17. The highest BCUT2D eigenvalue weighted by Crippen LogP contribution is 2.41. The van der Waals surface area contributed by atoms with Gasteiger partial charge in [0.25, 0.3) is 0 Å². The standard InChI is InChI=1S/C22H24N4O2S/c1-13(29-14(2)23)17-8-18-11-26(12-19(18)9-17)21(28)6-3-15-7-16-4-5-20(27)25-22(16)24-10-15/h3,6-8,10,18-19,23H,1,4-5,9,11-12H2,2H3,(H,24,25,27)/b6-3+,23-14?. The van der Waals surface area contributed by atoms with Gasteiger partial charge in [-0.2, -0.15) is 0 Å². The van der Waals surface area contributed by atoms with E-state index in [1.165, 1.54) is 17.3 Å². The first-order valence-corrected chi connectivity index (χ1v) is 10.6. The van der Waals surface area contributed by atoms with Crippen molar-refractivity contribution in [2.45, 2.75) is 26.2 Å². The highest BCUT2D eigenvalue weighted by Gasteiger charge is 2.38. The summed E-state index contributed by atoms with van der Waals surface area (Å²) in [6, 6.07) is 1.98. The number of nitrogens with zero attached hydrogens (tertiary/aromatic N) is 2. The molecule has 3 aliphatic rings. The molecule has 4 rings (SSSR count). The Bertz CT molecular complexity index is 966. The van der Waals surface area contributed by atoms with E-state index in [1.54, 1.807) is 25.3 Å². The van der Waals surface area contributed by atoms with E-state index >= 15 is 0 Å². The van der Waals surface area contributed by atoms with Crippen LogP contribution < -0.4 is 5.32 Å². The van der Waals surface area contributed by atoms with Crippen molar-refractivity contribution in [3.63, 3.8) is 0 Å². The molecule has 1 aromatic heterocycles. The minimum atomic E-state index is -0.00427. The molecule has 1 saturated heterocycles. The molecule has 2 N–H and O–H groups in total. The number of hydrogen-bond donors (Lipinski definition) is 2. The number of carbonyl (C=O) groups excluding carboxylic acids is 2. The Balaban J connectivity index is 1.36. The molecule has 0 spiro atoms. The summed E-state index contributed by atoms with van der Waals surface area (Å²) in [5, 5.41) is 10.9. The van der Waals surface area contributed by atoms with Crippen molar-refractivity contribution in [2.75, 3.05) is 18.4 Å². The van der Waals surface area contributed by atoms with E-state index in [1.807, 2.05) is 11.0 Å². The summed E-state index contributed by atoms with van der Waals surface area (Å²) >= 11 is 1.41. The Morgan fingerprint density at radius 3 is 3.00 bits per heavy atom. The first-order chi connectivity index (χ1) is 13.9. The lowest BCUT2D eigenvalue weighted by molar-refractivity contribution is -0.125. The lowest BCUT2D eigenvalue weighted by Gasteiger charge is -2.16. The van der Waals surface area contributed by atoms with Crippen LogP contribution in [0.4, 0.5) is 5.82 Å². The summed E-state index contributed by atoms with van der Waals surface area (Å²) in [6.07, 6.45) is 9.40. The van der Waals surface area contributed by atoms with Gasteiger partial charge < -0.3 is 10.2 Å². The maximum absolute atomic E-state index is 12.6. The largest absolute Gasteiger partial charge is 0.338 e. The predicted octanol–water partition coefficient (Wildman–Crippen LogP) is 3.63. The number of fused-ring (bicyclic) bond motifs is 2. The van der Waals surface area contributed by atoms with Gasteiger partial charge in [0.1, 0.15) is 5.82 Å². The van der Waals surface area contributed by atoms with Crippen molar-refractivity contribution in [3.05, 3.63) is 52.6 Å². The molecule has 2 aliphatic heterocycles. The van der Waals surface area contributed by atoms with Gasteiger partial charge in [-0.15, -0.1) is 0 Å². The van der Waals surface area contributed by atoms with Crippen LogP contribution in [0.15, 0.2) is 41.5 Å². The van der Waals surface area contributed by atoms with Gasteiger partial charge in [-0.05, 0) is 60.4 Å². The molecule has 2 atom stereocenters. The molecule has 1 aromatic rings. The first kappa shape index (κ1) is 19.6. The molecule has 0 bridgehead atoms. The summed E-state index contributed by atoms with van der Waals surface area (Å²) < 4.78 is 0. The van der Waals surface area contributed by atoms with Crippen LogP contribution in [-0.2, 0) is 16.0 Å². The summed E-state index contributed by atoms with van der Waals surface area (Å²) in [5.41, 5.74) is 3.10. The number of amides is 2. The summed E-state index contributed by atoms with van der Waals surface area (Å²) in [6.45, 7) is 7.34. The molecule has 0 aromatic carbocycles. The van der Waals surface area contributed by atoms with Gasteiger partial charge in [0.2, 0.25) is 11.8 Å². The molecule has 29 heavy (non-hydrogen) atoms. The van der Waals surface area contributed by atoms with Crippen LogP contribution in [0.2, 0.25) is 0 Å². The average molecular weight is 409 g/mol. The number of anilines is 1. The minimum Gasteiger partial charge on any atom is -0.338 e. The fourth-order valence-corrected chi connectivity index (χ4v) is 4.84. The quantitative estimate of drug-likeness (QED) is 0.453. The number of likely N-dealkylation sites (tertiary alicyclic amines) is 1. The van der Waals surface area contributed by atoms with Crippen LogP contribution in [0.1, 0.15) is 30.9 Å². The van der Waals surface area contributed by atoms with Crippen LogP contribution in [0, 0.1) is 17.2 Å². The van der Waals surface area contributed by atoms with Crippen molar-refractivity contribution in [1.82, 2.24) is 9.88 Å². The fraction of sp³-hybridized carbons (Fsp3) is 0.364. The van der Waals surface area contributed by atoms with E-state index in [-0.39, 0.29) is 11.8 Å². The monoisotopic (exact) mass is 408 g/mol. The van der Waals surface area contributed by atoms with E-state index in [0.29, 0.717) is 35.5 Å². The topological polar surface area (TPSA) is 86.2 Å². The highest BCUT2D eigenvalue weighted by atomic mass is 32.2. The van der Waals surface area contributed by atoms with Crippen molar-refractivity contribution in [2.24, 2.45) is 11.8 Å². The van der Waals surface area contributed by atoms with E-state index in [4.69, 9.17) is 5.41 Å². The average Bonchev–Trinajstić information content (AvgIpc) is 3.25. The molecule has 150 valence electrons. The number of carbonyl (C=O) groups is 2. The zero-order valence-corrected chi connectivity index (χ0v) is 17.2. The van der Waals surface area contributed by atoms with Gasteiger partial charge >= 0.3 is 0 Å². The van der Waals surface area contributed by atoms with Crippen molar-refractivity contribution < 1.29 is 9.59 Å². The number of aromatic nitrogens is 1. The fourth-order valence-electron chi connectivity index (χ4n) is 4.19. The number of rotatable bonds is 4. The molecule has 6 nitrogen and oxygen atoms in total. The van der Waals surface area contributed by atoms with Gasteiger partial charge in [-0.1, -0.05) is 24.4 Å². The Labute approximate surface area is 174 Å². The molecule has 2 unspecified atom stereocenters. The molecule has 0 saturated carbocycles. The SMILES string of the molecule is C=C(SC(C)=N)C1=CC2CN(C(=O)/C=C/c3cnc4c(c3)CCC(=O)N4)CC2C1. The maximum Gasteiger partial charge on any atom is 0.246 e. The predicted molar refractivity (Wildman–Crippen MR) is 117 cm³/mol. The number of hydrogen-bond acceptors (Lipinski definition) is 5. The van der Waals surface area contributed by atoms with Crippen LogP contribution in [0.25, 0.3) is 6.08 Å². The van der Waals surface area contributed by atoms with Gasteiger partial charge in [0.15, 0.2) is 0 Å². The number of pyridine rings is 1. The smallest absolute Gasteiger partial charge is 0.246 e. The maximum atomic E-state index is 12.6. The molecule has 0 radical (unpaired) electrons. The number of allylic oxidation sites excluding steroid dienone is 1. The number of aryl methyl sites for hydroxylation is 1. The molecular weight excluding hydrogens is 384 g/mol. The Hall–Kier alpha value is -2.67. The minimum absolute atomic E-state index is 0.00427. The number of nitrogens with one attached hydrogen (secondary N) is 2.